The fourth-order valence-electron chi connectivity index (χ4n) is 0.788. The highest BCUT2D eigenvalue weighted by atomic mass is 35.5. The number of nitrogens with two attached hydrogens (primary N) is 1. The first-order chi connectivity index (χ1) is 6.77. The van der Waals surface area contributed by atoms with Crippen LogP contribution in [0.15, 0.2) is 6.20 Å². The van der Waals surface area contributed by atoms with Gasteiger partial charge in [-0.15, -0.1) is 0 Å². The van der Waals surface area contributed by atoms with Crippen LogP contribution in [0.1, 0.15) is 6.42 Å². The Morgan fingerprint density at radius 1 is 1.57 bits per heavy atom. The van der Waals surface area contributed by atoms with Gasteiger partial charge in [-0.1, -0.05) is 11.6 Å². The number of halogens is 1. The summed E-state index contributed by atoms with van der Waals surface area (Å²) in [4.78, 5) is 7.75. The van der Waals surface area contributed by atoms with Crippen molar-refractivity contribution in [2.45, 2.75) is 6.42 Å². The molecular formula is C8H12ClN3O2. The zero-order valence-corrected chi connectivity index (χ0v) is 8.62. The van der Waals surface area contributed by atoms with Gasteiger partial charge in [-0.2, -0.15) is 4.98 Å². The predicted octanol–water partition coefficient (Wildman–Crippen LogP) is 0.866. The Bertz CT molecular complexity index is 296. The van der Waals surface area contributed by atoms with Crippen molar-refractivity contribution in [2.24, 2.45) is 5.73 Å². The summed E-state index contributed by atoms with van der Waals surface area (Å²) in [6.45, 7) is 1.05. The lowest BCUT2D eigenvalue weighted by molar-refractivity contribution is 0.291. The first kappa shape index (κ1) is 11.0. The molecule has 0 unspecified atom stereocenters. The topological polar surface area (TPSA) is 70.3 Å². The highest BCUT2D eigenvalue weighted by Gasteiger charge is 2.06. The van der Waals surface area contributed by atoms with E-state index >= 15 is 0 Å². The van der Waals surface area contributed by atoms with Gasteiger partial charge in [0.05, 0.1) is 19.9 Å². The highest BCUT2D eigenvalue weighted by Crippen LogP contribution is 2.22. The molecule has 0 amide bonds. The summed E-state index contributed by atoms with van der Waals surface area (Å²) in [7, 11) is 1.48. The second kappa shape index (κ2) is 5.62. The lowest BCUT2D eigenvalue weighted by Crippen LogP contribution is -2.07. The normalized spacial score (nSPS) is 9.93. The molecule has 2 N–H and O–H groups in total. The summed E-state index contributed by atoms with van der Waals surface area (Å²) in [5.74, 6) is 0.326. The molecule has 0 aromatic carbocycles. The van der Waals surface area contributed by atoms with Crippen LogP contribution in [0.3, 0.4) is 0 Å². The van der Waals surface area contributed by atoms with E-state index in [9.17, 15) is 0 Å². The van der Waals surface area contributed by atoms with Gasteiger partial charge in [0.15, 0.2) is 0 Å². The van der Waals surface area contributed by atoms with Gasteiger partial charge in [-0.25, -0.2) is 4.98 Å². The molecule has 0 aliphatic carbocycles. The number of rotatable bonds is 5. The van der Waals surface area contributed by atoms with Gasteiger partial charge >= 0.3 is 6.01 Å². The second-order valence-corrected chi connectivity index (χ2v) is 2.91. The van der Waals surface area contributed by atoms with Crippen LogP contribution in [0.4, 0.5) is 0 Å². The number of hydrogen-bond donors (Lipinski definition) is 1. The van der Waals surface area contributed by atoms with Crippen LogP contribution in [0, 0.1) is 0 Å². The second-order valence-electron chi connectivity index (χ2n) is 2.50. The van der Waals surface area contributed by atoms with Crippen molar-refractivity contribution in [2.75, 3.05) is 20.3 Å². The molecule has 0 atom stereocenters. The lowest BCUT2D eigenvalue weighted by Gasteiger charge is -2.06. The summed E-state index contributed by atoms with van der Waals surface area (Å²) < 4.78 is 10.1. The molecule has 0 saturated heterocycles. The average Bonchev–Trinajstić information content (AvgIpc) is 2.21. The smallest absolute Gasteiger partial charge is 0.319 e. The average molecular weight is 218 g/mol. The molecular weight excluding hydrogens is 206 g/mol. The maximum Gasteiger partial charge on any atom is 0.319 e. The number of methoxy groups -OCH3 is 1. The molecule has 0 spiro atoms. The van der Waals surface area contributed by atoms with E-state index in [1.165, 1.54) is 13.3 Å². The van der Waals surface area contributed by atoms with E-state index in [4.69, 9.17) is 26.8 Å². The molecule has 0 aliphatic heterocycles. The summed E-state index contributed by atoms with van der Waals surface area (Å²) in [6.07, 6.45) is 2.19. The third kappa shape index (κ3) is 3.01. The molecule has 1 heterocycles. The van der Waals surface area contributed by atoms with E-state index in [-0.39, 0.29) is 6.01 Å². The van der Waals surface area contributed by atoms with Gasteiger partial charge in [0.2, 0.25) is 5.88 Å². The third-order valence-electron chi connectivity index (χ3n) is 1.46. The van der Waals surface area contributed by atoms with Gasteiger partial charge in [-0.3, -0.25) is 0 Å². The molecule has 0 radical (unpaired) electrons. The summed E-state index contributed by atoms with van der Waals surface area (Å²) in [6, 6.07) is 0.233. The highest BCUT2D eigenvalue weighted by molar-refractivity contribution is 6.31. The monoisotopic (exact) mass is 217 g/mol. The van der Waals surface area contributed by atoms with Gasteiger partial charge in [0.1, 0.15) is 5.02 Å². The van der Waals surface area contributed by atoms with E-state index in [0.29, 0.717) is 24.1 Å². The standard InChI is InChI=1S/C8H12ClN3O2/c1-13-8-11-5-6(9)7(12-8)14-4-2-3-10/h5H,2-4,10H2,1H3. The third-order valence-corrected chi connectivity index (χ3v) is 1.72. The van der Waals surface area contributed by atoms with E-state index in [0.717, 1.165) is 6.42 Å². The molecule has 0 saturated carbocycles. The Hall–Kier alpha value is -1.07. The Balaban J connectivity index is 2.64. The predicted molar refractivity (Wildman–Crippen MR) is 52.8 cm³/mol. The first-order valence-electron chi connectivity index (χ1n) is 4.17. The molecule has 1 aromatic heterocycles. The van der Waals surface area contributed by atoms with Crippen LogP contribution in [0.5, 0.6) is 11.9 Å². The van der Waals surface area contributed by atoms with Crippen molar-refractivity contribution in [3.05, 3.63) is 11.2 Å². The quantitative estimate of drug-likeness (QED) is 0.741. The van der Waals surface area contributed by atoms with Crippen LogP contribution in [0.25, 0.3) is 0 Å². The van der Waals surface area contributed by atoms with E-state index in [2.05, 4.69) is 9.97 Å². The number of aromatic nitrogens is 2. The largest absolute Gasteiger partial charge is 0.476 e. The number of hydrogen-bond acceptors (Lipinski definition) is 5. The number of nitrogens with zero attached hydrogens (tertiary/aromatic N) is 2. The van der Waals surface area contributed by atoms with Crippen molar-refractivity contribution >= 4 is 11.6 Å². The first-order valence-corrected chi connectivity index (χ1v) is 4.55. The fourth-order valence-corrected chi connectivity index (χ4v) is 0.934. The Morgan fingerprint density at radius 3 is 3.00 bits per heavy atom. The Morgan fingerprint density at radius 2 is 2.36 bits per heavy atom. The molecule has 1 aromatic rings. The minimum Gasteiger partial charge on any atom is -0.476 e. The van der Waals surface area contributed by atoms with E-state index < -0.39 is 0 Å². The van der Waals surface area contributed by atoms with Crippen molar-refractivity contribution in [3.63, 3.8) is 0 Å². The molecule has 1 rings (SSSR count). The van der Waals surface area contributed by atoms with Gasteiger partial charge < -0.3 is 15.2 Å². The summed E-state index contributed by atoms with van der Waals surface area (Å²) in [5, 5.41) is 0.364. The minimum atomic E-state index is 0.233. The van der Waals surface area contributed by atoms with Gasteiger partial charge in [0.25, 0.3) is 0 Å². The van der Waals surface area contributed by atoms with Crippen molar-refractivity contribution in [1.82, 2.24) is 9.97 Å². The molecule has 5 nitrogen and oxygen atoms in total. The van der Waals surface area contributed by atoms with Crippen LogP contribution >= 0.6 is 11.6 Å². The summed E-state index contributed by atoms with van der Waals surface area (Å²) >= 11 is 5.80. The van der Waals surface area contributed by atoms with Crippen LogP contribution < -0.4 is 15.2 Å². The maximum atomic E-state index is 5.80. The van der Waals surface area contributed by atoms with E-state index in [1.54, 1.807) is 0 Å². The molecule has 0 aliphatic rings. The maximum absolute atomic E-state index is 5.80. The summed E-state index contributed by atoms with van der Waals surface area (Å²) in [5.41, 5.74) is 5.32. The zero-order valence-electron chi connectivity index (χ0n) is 7.86. The van der Waals surface area contributed by atoms with Crippen molar-refractivity contribution in [1.29, 1.82) is 0 Å². The molecule has 6 heteroatoms. The number of ether oxygens (including phenoxy) is 2. The zero-order chi connectivity index (χ0) is 10.4. The molecule has 78 valence electrons. The SMILES string of the molecule is COc1ncc(Cl)c(OCCCN)n1. The van der Waals surface area contributed by atoms with Crippen molar-refractivity contribution < 1.29 is 9.47 Å². The van der Waals surface area contributed by atoms with Gasteiger partial charge in [0, 0.05) is 0 Å². The molecule has 0 bridgehead atoms. The van der Waals surface area contributed by atoms with Gasteiger partial charge in [-0.05, 0) is 13.0 Å². The molecule has 14 heavy (non-hydrogen) atoms. The lowest BCUT2D eigenvalue weighted by atomic mass is 10.5. The minimum absolute atomic E-state index is 0.233. The fraction of sp³-hybridized carbons (Fsp3) is 0.500. The van der Waals surface area contributed by atoms with Crippen LogP contribution in [-0.4, -0.2) is 30.2 Å². The van der Waals surface area contributed by atoms with Crippen LogP contribution in [-0.2, 0) is 0 Å². The van der Waals surface area contributed by atoms with Crippen molar-refractivity contribution in [3.8, 4) is 11.9 Å². The Kier molecular flexibility index (Phi) is 4.42. The van der Waals surface area contributed by atoms with E-state index in [1.807, 2.05) is 0 Å². The molecule has 0 fully saturated rings. The van der Waals surface area contributed by atoms with Crippen LogP contribution in [0.2, 0.25) is 5.02 Å². The Labute approximate surface area is 87.2 Å².